The zero-order valence-electron chi connectivity index (χ0n) is 14.3. The van der Waals surface area contributed by atoms with E-state index in [1.54, 1.807) is 6.33 Å². The standard InChI is InChI=1S/C19H28N4O/c20-19-16-7-6-14(18(16)21-12-22-19)9-23-10-15(17(24)11-23)8-13-4-2-1-3-5-13/h6,12-13,15,17,24H,1-5,7-11H2,(H2,20,21,22)/t15-,17-/m0/s1. The van der Waals surface area contributed by atoms with Crippen LogP contribution in [0.2, 0.25) is 0 Å². The number of aromatic nitrogens is 2. The van der Waals surface area contributed by atoms with Crippen molar-refractivity contribution in [1.82, 2.24) is 14.9 Å². The van der Waals surface area contributed by atoms with Gasteiger partial charge in [0.05, 0.1) is 11.8 Å². The number of aliphatic hydroxyl groups excluding tert-OH is 1. The van der Waals surface area contributed by atoms with Crippen LogP contribution in [0, 0.1) is 11.8 Å². The molecule has 0 amide bonds. The molecule has 0 radical (unpaired) electrons. The van der Waals surface area contributed by atoms with Crippen LogP contribution in [-0.2, 0) is 6.42 Å². The number of nitrogens with zero attached hydrogens (tertiary/aromatic N) is 3. The van der Waals surface area contributed by atoms with Crippen LogP contribution in [0.4, 0.5) is 5.82 Å². The Morgan fingerprint density at radius 2 is 2.00 bits per heavy atom. The molecule has 2 heterocycles. The van der Waals surface area contributed by atoms with Gasteiger partial charge in [-0.15, -0.1) is 0 Å². The second-order valence-electron chi connectivity index (χ2n) is 7.78. The molecule has 5 nitrogen and oxygen atoms in total. The maximum atomic E-state index is 10.5. The van der Waals surface area contributed by atoms with Crippen LogP contribution in [0.5, 0.6) is 0 Å². The van der Waals surface area contributed by atoms with Gasteiger partial charge >= 0.3 is 0 Å². The molecule has 2 aliphatic carbocycles. The highest BCUT2D eigenvalue weighted by Gasteiger charge is 2.34. The van der Waals surface area contributed by atoms with Gasteiger partial charge in [0, 0.05) is 25.2 Å². The average molecular weight is 328 g/mol. The first kappa shape index (κ1) is 16.0. The maximum absolute atomic E-state index is 10.5. The minimum atomic E-state index is -0.177. The number of hydrogen-bond acceptors (Lipinski definition) is 5. The van der Waals surface area contributed by atoms with Crippen LogP contribution in [0.1, 0.15) is 49.8 Å². The molecule has 0 aromatic carbocycles. The lowest BCUT2D eigenvalue weighted by Crippen LogP contribution is -2.24. The molecule has 2 atom stereocenters. The summed E-state index contributed by atoms with van der Waals surface area (Å²) in [5, 5.41) is 10.5. The molecular weight excluding hydrogens is 300 g/mol. The van der Waals surface area contributed by atoms with E-state index in [2.05, 4.69) is 20.9 Å². The maximum Gasteiger partial charge on any atom is 0.130 e. The lowest BCUT2D eigenvalue weighted by atomic mass is 9.82. The van der Waals surface area contributed by atoms with Crippen LogP contribution >= 0.6 is 0 Å². The van der Waals surface area contributed by atoms with Crippen molar-refractivity contribution in [2.45, 2.75) is 51.0 Å². The highest BCUT2D eigenvalue weighted by atomic mass is 16.3. The summed E-state index contributed by atoms with van der Waals surface area (Å²) in [5.41, 5.74) is 9.26. The molecule has 3 N–H and O–H groups in total. The van der Waals surface area contributed by atoms with Gasteiger partial charge in [-0.2, -0.15) is 0 Å². The normalized spacial score (nSPS) is 28.1. The lowest BCUT2D eigenvalue weighted by molar-refractivity contribution is 0.123. The summed E-state index contributed by atoms with van der Waals surface area (Å²) < 4.78 is 0. The molecular formula is C19H28N4O. The first-order chi connectivity index (χ1) is 11.7. The quantitative estimate of drug-likeness (QED) is 0.887. The summed E-state index contributed by atoms with van der Waals surface area (Å²) in [4.78, 5) is 10.9. The number of aliphatic hydroxyl groups is 1. The number of hydrogen-bond donors (Lipinski definition) is 2. The van der Waals surface area contributed by atoms with E-state index in [9.17, 15) is 5.11 Å². The van der Waals surface area contributed by atoms with Crippen molar-refractivity contribution in [2.75, 3.05) is 25.4 Å². The van der Waals surface area contributed by atoms with Crippen LogP contribution < -0.4 is 5.73 Å². The van der Waals surface area contributed by atoms with Gasteiger partial charge in [0.1, 0.15) is 12.1 Å². The number of rotatable bonds is 4. The molecule has 1 aromatic rings. The summed E-state index contributed by atoms with van der Waals surface area (Å²) in [6.45, 7) is 2.65. The first-order valence-corrected chi connectivity index (χ1v) is 9.40. The van der Waals surface area contributed by atoms with Crippen molar-refractivity contribution in [2.24, 2.45) is 11.8 Å². The molecule has 0 spiro atoms. The molecule has 0 unspecified atom stereocenters. The van der Waals surface area contributed by atoms with Crippen molar-refractivity contribution >= 4 is 11.4 Å². The van der Waals surface area contributed by atoms with E-state index in [1.807, 2.05) is 0 Å². The molecule has 130 valence electrons. The average Bonchev–Trinajstić information content (AvgIpc) is 3.14. The Morgan fingerprint density at radius 3 is 2.83 bits per heavy atom. The molecule has 1 aliphatic heterocycles. The van der Waals surface area contributed by atoms with Gasteiger partial charge in [-0.05, 0) is 30.3 Å². The summed E-state index contributed by atoms with van der Waals surface area (Å²) >= 11 is 0. The predicted octanol–water partition coefficient (Wildman–Crippen LogP) is 2.26. The number of nitrogen functional groups attached to an aromatic ring is 1. The van der Waals surface area contributed by atoms with E-state index in [1.165, 1.54) is 44.1 Å². The summed E-state index contributed by atoms with van der Waals surface area (Å²) in [7, 11) is 0. The molecule has 5 heteroatoms. The Bertz CT molecular complexity index is 624. The SMILES string of the molecule is Nc1ncnc2c1CC=C2CN1C[C@H](CC2CCCCC2)[C@@H](O)C1. The zero-order valence-corrected chi connectivity index (χ0v) is 14.3. The van der Waals surface area contributed by atoms with E-state index >= 15 is 0 Å². The Hall–Kier alpha value is -1.46. The van der Waals surface area contributed by atoms with E-state index in [0.29, 0.717) is 11.7 Å². The Balaban J connectivity index is 1.36. The number of allylic oxidation sites excluding steroid dienone is 1. The van der Waals surface area contributed by atoms with Gasteiger partial charge in [-0.1, -0.05) is 38.2 Å². The lowest BCUT2D eigenvalue weighted by Gasteiger charge is -2.25. The van der Waals surface area contributed by atoms with E-state index in [-0.39, 0.29) is 6.10 Å². The monoisotopic (exact) mass is 328 g/mol. The third-order valence-electron chi connectivity index (χ3n) is 6.07. The number of likely N-dealkylation sites (tertiary alicyclic amines) is 1. The summed E-state index contributed by atoms with van der Waals surface area (Å²) in [5.74, 6) is 1.87. The third-order valence-corrected chi connectivity index (χ3v) is 6.07. The van der Waals surface area contributed by atoms with Crippen molar-refractivity contribution in [3.05, 3.63) is 23.7 Å². The summed E-state index contributed by atoms with van der Waals surface area (Å²) in [6, 6.07) is 0. The van der Waals surface area contributed by atoms with Gasteiger partial charge in [-0.3, -0.25) is 4.90 Å². The molecule has 1 aromatic heterocycles. The minimum Gasteiger partial charge on any atom is -0.391 e. The van der Waals surface area contributed by atoms with Crippen LogP contribution in [0.25, 0.3) is 5.57 Å². The van der Waals surface area contributed by atoms with Crippen LogP contribution in [0.3, 0.4) is 0 Å². The fourth-order valence-corrected chi connectivity index (χ4v) is 4.76. The molecule has 0 bridgehead atoms. The van der Waals surface area contributed by atoms with E-state index < -0.39 is 0 Å². The number of β-amino-alcohol motifs (C(OH)–C–C–N with tert-alkyl or cyclic N) is 1. The van der Waals surface area contributed by atoms with Gasteiger partial charge < -0.3 is 10.8 Å². The molecule has 2 fully saturated rings. The summed E-state index contributed by atoms with van der Waals surface area (Å²) in [6.07, 6.45) is 12.5. The molecule has 1 saturated heterocycles. The van der Waals surface area contributed by atoms with Crippen molar-refractivity contribution in [1.29, 1.82) is 0 Å². The molecule has 3 aliphatic rings. The molecule has 24 heavy (non-hydrogen) atoms. The van der Waals surface area contributed by atoms with Gasteiger partial charge in [0.15, 0.2) is 0 Å². The molecule has 1 saturated carbocycles. The van der Waals surface area contributed by atoms with Gasteiger partial charge in [0.25, 0.3) is 0 Å². The van der Waals surface area contributed by atoms with Crippen LogP contribution in [0.15, 0.2) is 12.4 Å². The third kappa shape index (κ3) is 3.20. The fourth-order valence-electron chi connectivity index (χ4n) is 4.76. The Morgan fingerprint density at radius 1 is 1.17 bits per heavy atom. The Labute approximate surface area is 144 Å². The van der Waals surface area contributed by atoms with Crippen LogP contribution in [-0.4, -0.2) is 45.7 Å². The zero-order chi connectivity index (χ0) is 16.5. The van der Waals surface area contributed by atoms with E-state index in [0.717, 1.165) is 43.2 Å². The largest absolute Gasteiger partial charge is 0.391 e. The highest BCUT2D eigenvalue weighted by molar-refractivity contribution is 5.74. The minimum absolute atomic E-state index is 0.177. The second-order valence-corrected chi connectivity index (χ2v) is 7.78. The van der Waals surface area contributed by atoms with Crippen molar-refractivity contribution in [3.63, 3.8) is 0 Å². The highest BCUT2D eigenvalue weighted by Crippen LogP contribution is 2.34. The second kappa shape index (κ2) is 6.81. The smallest absolute Gasteiger partial charge is 0.130 e. The van der Waals surface area contributed by atoms with Gasteiger partial charge in [-0.25, -0.2) is 9.97 Å². The van der Waals surface area contributed by atoms with Crippen molar-refractivity contribution < 1.29 is 5.11 Å². The fraction of sp³-hybridized carbons (Fsp3) is 0.684. The number of fused-ring (bicyclic) bond motifs is 1. The number of anilines is 1. The topological polar surface area (TPSA) is 75.3 Å². The predicted molar refractivity (Wildman–Crippen MR) is 95.3 cm³/mol. The number of nitrogens with two attached hydrogens (primary N) is 1. The first-order valence-electron chi connectivity index (χ1n) is 9.40. The van der Waals surface area contributed by atoms with E-state index in [4.69, 9.17) is 5.73 Å². The van der Waals surface area contributed by atoms with Crippen molar-refractivity contribution in [3.8, 4) is 0 Å². The molecule has 4 rings (SSSR count). The Kier molecular flexibility index (Phi) is 4.55. The van der Waals surface area contributed by atoms with Gasteiger partial charge in [0.2, 0.25) is 0 Å².